The van der Waals surface area contributed by atoms with Crippen molar-refractivity contribution in [1.29, 1.82) is 0 Å². The summed E-state index contributed by atoms with van der Waals surface area (Å²) in [5.74, 6) is -0.263. The van der Waals surface area contributed by atoms with Crippen molar-refractivity contribution in [2.75, 3.05) is 20.7 Å². The summed E-state index contributed by atoms with van der Waals surface area (Å²) in [7, 11) is 3.38. The zero-order chi connectivity index (χ0) is 13.8. The minimum atomic E-state index is -0.281. The number of hydrogen-bond acceptors (Lipinski definition) is 3. The van der Waals surface area contributed by atoms with Crippen LogP contribution in [0.2, 0.25) is 0 Å². The number of halogens is 1. The molecule has 1 N–H and O–H groups in total. The molecule has 4 nitrogen and oxygen atoms in total. The highest BCUT2D eigenvalue weighted by atomic mass is 19.1. The number of methoxy groups -OCH3 is 1. The van der Waals surface area contributed by atoms with Gasteiger partial charge in [-0.25, -0.2) is 4.39 Å². The summed E-state index contributed by atoms with van der Waals surface area (Å²) in [6.07, 6.45) is 0.777. The molecule has 0 radical (unpaired) electrons. The van der Waals surface area contributed by atoms with Crippen molar-refractivity contribution in [1.82, 2.24) is 10.2 Å². The maximum absolute atomic E-state index is 13.1. The average molecular weight is 266 g/mol. The zero-order valence-corrected chi connectivity index (χ0v) is 11.2. The molecule has 19 heavy (non-hydrogen) atoms. The van der Waals surface area contributed by atoms with Crippen LogP contribution in [0.15, 0.2) is 24.3 Å². The molecule has 0 bridgehead atoms. The van der Waals surface area contributed by atoms with Gasteiger partial charge in [0.05, 0.1) is 12.1 Å². The minimum Gasteiger partial charge on any atom is -0.380 e. The van der Waals surface area contributed by atoms with Crippen LogP contribution >= 0.6 is 0 Å². The van der Waals surface area contributed by atoms with E-state index in [0.29, 0.717) is 19.5 Å². The van der Waals surface area contributed by atoms with Gasteiger partial charge in [0.1, 0.15) is 5.82 Å². The number of carbonyl (C=O) groups is 1. The van der Waals surface area contributed by atoms with Gasteiger partial charge >= 0.3 is 0 Å². The molecule has 1 aromatic rings. The van der Waals surface area contributed by atoms with Gasteiger partial charge in [-0.2, -0.15) is 0 Å². The van der Waals surface area contributed by atoms with E-state index in [9.17, 15) is 9.18 Å². The molecular formula is C14H19FN2O2. The number of carbonyl (C=O) groups excluding carboxylic acids is 1. The van der Waals surface area contributed by atoms with Crippen LogP contribution in [0.5, 0.6) is 0 Å². The predicted octanol–water partition coefficient (Wildman–Crippen LogP) is 1.16. The largest absolute Gasteiger partial charge is 0.380 e. The second-order valence-electron chi connectivity index (χ2n) is 4.88. The third kappa shape index (κ3) is 3.52. The first-order valence-corrected chi connectivity index (χ1v) is 6.35. The number of rotatable bonds is 4. The lowest BCUT2D eigenvalue weighted by atomic mass is 10.1. The van der Waals surface area contributed by atoms with Crippen molar-refractivity contribution in [3.8, 4) is 0 Å². The van der Waals surface area contributed by atoms with Crippen molar-refractivity contribution in [2.24, 2.45) is 0 Å². The standard InChI is InChI=1S/C14H19FN2O2/c1-17(9-10-4-3-5-11(15)6-10)14(18)13-7-12(19-2)8-16-13/h3-6,12-13,16H,7-9H2,1-2H3. The smallest absolute Gasteiger partial charge is 0.239 e. The molecule has 104 valence electrons. The van der Waals surface area contributed by atoms with Crippen LogP contribution in [0.25, 0.3) is 0 Å². The fourth-order valence-corrected chi connectivity index (χ4v) is 2.32. The van der Waals surface area contributed by atoms with Crippen LogP contribution < -0.4 is 5.32 Å². The molecule has 2 unspecified atom stereocenters. The lowest BCUT2D eigenvalue weighted by Crippen LogP contribution is -2.41. The predicted molar refractivity (Wildman–Crippen MR) is 70.1 cm³/mol. The Bertz CT molecular complexity index is 453. The summed E-state index contributed by atoms with van der Waals surface area (Å²) >= 11 is 0. The molecule has 1 aromatic carbocycles. The molecule has 0 saturated carbocycles. The van der Waals surface area contributed by atoms with Crippen LogP contribution in [0, 0.1) is 5.82 Å². The molecule has 0 aliphatic carbocycles. The lowest BCUT2D eigenvalue weighted by molar-refractivity contribution is -0.132. The van der Waals surface area contributed by atoms with Crippen LogP contribution in [-0.2, 0) is 16.1 Å². The Kier molecular flexibility index (Phi) is 4.50. The number of benzene rings is 1. The molecule has 1 heterocycles. The Morgan fingerprint density at radius 1 is 1.58 bits per heavy atom. The van der Waals surface area contributed by atoms with E-state index >= 15 is 0 Å². The zero-order valence-electron chi connectivity index (χ0n) is 11.2. The molecule has 5 heteroatoms. The second-order valence-corrected chi connectivity index (χ2v) is 4.88. The monoisotopic (exact) mass is 266 g/mol. The lowest BCUT2D eigenvalue weighted by Gasteiger charge is -2.21. The number of nitrogens with zero attached hydrogens (tertiary/aromatic N) is 1. The maximum atomic E-state index is 13.1. The van der Waals surface area contributed by atoms with Gasteiger partial charge in [0, 0.05) is 27.2 Å². The van der Waals surface area contributed by atoms with E-state index in [4.69, 9.17) is 4.74 Å². The van der Waals surface area contributed by atoms with Gasteiger partial charge in [-0.15, -0.1) is 0 Å². The summed E-state index contributed by atoms with van der Waals surface area (Å²) < 4.78 is 18.3. The number of ether oxygens (including phenoxy) is 1. The number of likely N-dealkylation sites (N-methyl/N-ethyl adjacent to an activating group) is 1. The molecule has 0 spiro atoms. The fourth-order valence-electron chi connectivity index (χ4n) is 2.32. The highest BCUT2D eigenvalue weighted by Gasteiger charge is 2.31. The van der Waals surface area contributed by atoms with Crippen LogP contribution in [-0.4, -0.2) is 43.7 Å². The molecule has 1 fully saturated rings. The summed E-state index contributed by atoms with van der Waals surface area (Å²) in [5.41, 5.74) is 0.789. The molecule has 0 aromatic heterocycles. The van der Waals surface area contributed by atoms with Gasteiger partial charge in [-0.3, -0.25) is 4.79 Å². The van der Waals surface area contributed by atoms with E-state index in [1.54, 1.807) is 25.1 Å². The first-order valence-electron chi connectivity index (χ1n) is 6.35. The van der Waals surface area contributed by atoms with Gasteiger partial charge in [-0.05, 0) is 24.1 Å². The van der Waals surface area contributed by atoms with E-state index in [0.717, 1.165) is 5.56 Å². The van der Waals surface area contributed by atoms with Crippen molar-refractivity contribution in [2.45, 2.75) is 25.1 Å². The summed E-state index contributed by atoms with van der Waals surface area (Å²) in [6, 6.07) is 6.10. The van der Waals surface area contributed by atoms with Crippen LogP contribution in [0.1, 0.15) is 12.0 Å². The van der Waals surface area contributed by atoms with Crippen molar-refractivity contribution >= 4 is 5.91 Å². The van der Waals surface area contributed by atoms with E-state index in [2.05, 4.69) is 5.32 Å². The molecule has 1 amide bonds. The normalized spacial score (nSPS) is 22.5. The topological polar surface area (TPSA) is 41.6 Å². The molecule has 1 saturated heterocycles. The highest BCUT2D eigenvalue weighted by Crippen LogP contribution is 2.13. The van der Waals surface area contributed by atoms with Gasteiger partial charge < -0.3 is 15.0 Å². The number of amides is 1. The Balaban J connectivity index is 1.93. The first-order chi connectivity index (χ1) is 9.10. The van der Waals surface area contributed by atoms with E-state index in [-0.39, 0.29) is 23.9 Å². The fraction of sp³-hybridized carbons (Fsp3) is 0.500. The van der Waals surface area contributed by atoms with Crippen LogP contribution in [0.4, 0.5) is 4.39 Å². The third-order valence-electron chi connectivity index (χ3n) is 3.41. The van der Waals surface area contributed by atoms with Gasteiger partial charge in [-0.1, -0.05) is 12.1 Å². The Hall–Kier alpha value is -1.46. The second kappa shape index (κ2) is 6.12. The summed E-state index contributed by atoms with van der Waals surface area (Å²) in [5, 5.41) is 3.15. The van der Waals surface area contributed by atoms with E-state index in [1.165, 1.54) is 12.1 Å². The van der Waals surface area contributed by atoms with E-state index < -0.39 is 0 Å². The quantitative estimate of drug-likeness (QED) is 0.889. The van der Waals surface area contributed by atoms with Gasteiger partial charge in [0.2, 0.25) is 5.91 Å². The first kappa shape index (κ1) is 14.0. The summed E-state index contributed by atoms with van der Waals surface area (Å²) in [4.78, 5) is 13.8. The number of hydrogen-bond donors (Lipinski definition) is 1. The highest BCUT2D eigenvalue weighted by molar-refractivity contribution is 5.82. The molecule has 1 aliphatic heterocycles. The van der Waals surface area contributed by atoms with Gasteiger partial charge in [0.15, 0.2) is 0 Å². The SMILES string of the molecule is COC1CNC(C(=O)N(C)Cc2cccc(F)c2)C1. The minimum absolute atomic E-state index is 0.0174. The summed E-state index contributed by atoms with van der Waals surface area (Å²) in [6.45, 7) is 1.10. The van der Waals surface area contributed by atoms with Gasteiger partial charge in [0.25, 0.3) is 0 Å². The maximum Gasteiger partial charge on any atom is 0.239 e. The Morgan fingerprint density at radius 2 is 2.37 bits per heavy atom. The van der Waals surface area contributed by atoms with E-state index in [1.807, 2.05) is 6.07 Å². The van der Waals surface area contributed by atoms with Crippen molar-refractivity contribution in [3.05, 3.63) is 35.6 Å². The molecular weight excluding hydrogens is 247 g/mol. The van der Waals surface area contributed by atoms with Crippen LogP contribution in [0.3, 0.4) is 0 Å². The van der Waals surface area contributed by atoms with Crippen molar-refractivity contribution in [3.63, 3.8) is 0 Å². The Labute approximate surface area is 112 Å². The average Bonchev–Trinajstić information content (AvgIpc) is 2.86. The molecule has 1 aliphatic rings. The Morgan fingerprint density at radius 3 is 3.00 bits per heavy atom. The number of nitrogens with one attached hydrogen (secondary N) is 1. The van der Waals surface area contributed by atoms with Crippen molar-refractivity contribution < 1.29 is 13.9 Å². The third-order valence-corrected chi connectivity index (χ3v) is 3.41. The molecule has 2 rings (SSSR count). The molecule has 2 atom stereocenters.